The van der Waals surface area contributed by atoms with E-state index in [2.05, 4.69) is 14.1 Å². The second-order valence-corrected chi connectivity index (χ2v) is 1.77. The zero-order valence-electron chi connectivity index (χ0n) is 2.94. The van der Waals surface area contributed by atoms with Gasteiger partial charge in [0.15, 0.2) is 0 Å². The molecule has 1 aliphatic rings. The van der Waals surface area contributed by atoms with Crippen LogP contribution in [0.1, 0.15) is 0 Å². The highest BCUT2D eigenvalue weighted by molar-refractivity contribution is 7.59. The summed E-state index contributed by atoms with van der Waals surface area (Å²) < 4.78 is 2.17. The van der Waals surface area contributed by atoms with Crippen LogP contribution in [0, 0.1) is 0 Å². The predicted octanol–water partition coefficient (Wildman–Crippen LogP) is 0.205. The van der Waals surface area contributed by atoms with Crippen molar-refractivity contribution in [2.24, 2.45) is 0 Å². The van der Waals surface area contributed by atoms with Crippen molar-refractivity contribution in [3.63, 3.8) is 0 Å². The Bertz CT molecular complexity index is 28.8. The molecule has 1 rings (SSSR count). The largest absolute Gasteiger partial charge is 0.285 e. The van der Waals surface area contributed by atoms with Gasteiger partial charge in [0.1, 0.15) is 0 Å². The van der Waals surface area contributed by atoms with Gasteiger partial charge >= 0.3 is 0 Å². The molecule has 0 amide bonds. The van der Waals surface area contributed by atoms with Crippen LogP contribution >= 0.6 is 22.9 Å². The molecule has 0 aromatic rings. The Morgan fingerprint density at radius 3 is 1.60 bits per heavy atom. The van der Waals surface area contributed by atoms with E-state index in [9.17, 15) is 0 Å². The zero-order valence-corrected chi connectivity index (χ0v) is 5.09. The van der Waals surface area contributed by atoms with Crippen molar-refractivity contribution in [3.05, 3.63) is 0 Å². The van der Waals surface area contributed by atoms with Crippen molar-refractivity contribution in [2.45, 2.75) is 0 Å². The summed E-state index contributed by atoms with van der Waals surface area (Å²) in [5.74, 6) is 0. The van der Waals surface area contributed by atoms with Crippen LogP contribution in [0.25, 0.3) is 0 Å². The SMILES string of the molecule is PN1CC1.S. The van der Waals surface area contributed by atoms with Crippen molar-refractivity contribution in [1.29, 1.82) is 0 Å². The number of nitrogens with zero attached hydrogens (tertiary/aromatic N) is 1. The minimum atomic E-state index is 0. The predicted molar refractivity (Wildman–Crippen MR) is 31.7 cm³/mol. The highest BCUT2D eigenvalue weighted by Gasteiger charge is 2.07. The van der Waals surface area contributed by atoms with E-state index >= 15 is 0 Å². The Kier molecular flexibility index (Phi) is 2.31. The monoisotopic (exact) mass is 109 g/mol. The Labute approximate surface area is 41.4 Å². The number of rotatable bonds is 0. The van der Waals surface area contributed by atoms with Gasteiger partial charge in [0.2, 0.25) is 0 Å². The van der Waals surface area contributed by atoms with E-state index in [1.54, 1.807) is 0 Å². The van der Waals surface area contributed by atoms with E-state index in [1.807, 2.05) is 0 Å². The van der Waals surface area contributed by atoms with E-state index in [-0.39, 0.29) is 13.5 Å². The van der Waals surface area contributed by atoms with E-state index in [0.717, 1.165) is 0 Å². The molecule has 0 saturated carbocycles. The zero-order chi connectivity index (χ0) is 2.99. The third kappa shape index (κ3) is 2.54. The molecule has 1 unspecified atom stereocenters. The first-order valence-corrected chi connectivity index (χ1v) is 1.91. The molecular weight excluding hydrogens is 101 g/mol. The highest BCUT2D eigenvalue weighted by atomic mass is 32.1. The Balaban J connectivity index is 0.000000160. The fraction of sp³-hybridized carbons (Fsp3) is 1.00. The highest BCUT2D eigenvalue weighted by Crippen LogP contribution is 2.07. The van der Waals surface area contributed by atoms with E-state index in [4.69, 9.17) is 0 Å². The minimum Gasteiger partial charge on any atom is -0.285 e. The molecule has 1 nitrogen and oxygen atoms in total. The fourth-order valence-electron chi connectivity index (χ4n) is 0.0577. The normalized spacial score (nSPS) is 21.0. The molecule has 1 aliphatic heterocycles. The fourth-order valence-corrected chi connectivity index (χ4v) is 0.173. The van der Waals surface area contributed by atoms with Crippen molar-refractivity contribution in [1.82, 2.24) is 4.67 Å². The average Bonchev–Trinajstić information content (AvgIpc) is 1.75. The summed E-state index contributed by atoms with van der Waals surface area (Å²) in [5, 5.41) is 0. The van der Waals surface area contributed by atoms with Crippen LogP contribution in [0.2, 0.25) is 0 Å². The molecule has 0 N–H and O–H groups in total. The molecule has 0 radical (unpaired) electrons. The van der Waals surface area contributed by atoms with Crippen LogP contribution in [0.4, 0.5) is 0 Å². The molecule has 0 aliphatic carbocycles. The van der Waals surface area contributed by atoms with Gasteiger partial charge in [-0.25, -0.2) is 0 Å². The summed E-state index contributed by atoms with van der Waals surface area (Å²) in [5.41, 5.74) is 0. The van der Waals surface area contributed by atoms with Crippen LogP contribution in [-0.2, 0) is 0 Å². The first kappa shape index (κ1) is 5.74. The van der Waals surface area contributed by atoms with Crippen LogP contribution in [0.15, 0.2) is 0 Å². The van der Waals surface area contributed by atoms with Gasteiger partial charge in [0, 0.05) is 13.1 Å². The molecular formula is C2H8NPS. The van der Waals surface area contributed by atoms with Crippen molar-refractivity contribution >= 4 is 22.9 Å². The Hall–Kier alpha value is 0.740. The third-order valence-corrected chi connectivity index (χ3v) is 0.998. The smallest absolute Gasteiger partial charge is 0.0148 e. The summed E-state index contributed by atoms with van der Waals surface area (Å²) in [6, 6.07) is 0. The van der Waals surface area contributed by atoms with Gasteiger partial charge in [-0.3, -0.25) is 4.67 Å². The molecule has 1 atom stereocenters. The number of hydrogen-bond acceptors (Lipinski definition) is 1. The maximum absolute atomic E-state index is 2.60. The molecule has 1 saturated heterocycles. The molecule has 1 fully saturated rings. The van der Waals surface area contributed by atoms with Crippen molar-refractivity contribution < 1.29 is 0 Å². The lowest BCUT2D eigenvalue weighted by atomic mass is 11.0. The topological polar surface area (TPSA) is 3.01 Å². The van der Waals surface area contributed by atoms with Gasteiger partial charge in [-0.2, -0.15) is 13.5 Å². The van der Waals surface area contributed by atoms with E-state index in [1.165, 1.54) is 13.1 Å². The molecule has 3 heteroatoms. The second-order valence-electron chi connectivity index (χ2n) is 1.04. The quantitative estimate of drug-likeness (QED) is 0.317. The summed E-state index contributed by atoms with van der Waals surface area (Å²) in [4.78, 5) is 0. The summed E-state index contributed by atoms with van der Waals surface area (Å²) >= 11 is 0. The molecule has 1 heterocycles. The Morgan fingerprint density at radius 2 is 1.60 bits per heavy atom. The lowest BCUT2D eigenvalue weighted by Gasteiger charge is -1.66. The van der Waals surface area contributed by atoms with Crippen molar-refractivity contribution in [3.8, 4) is 0 Å². The average molecular weight is 109 g/mol. The van der Waals surface area contributed by atoms with Gasteiger partial charge in [0.25, 0.3) is 0 Å². The van der Waals surface area contributed by atoms with Gasteiger partial charge in [-0.1, -0.05) is 9.39 Å². The summed E-state index contributed by atoms with van der Waals surface area (Å²) in [6.07, 6.45) is 0. The van der Waals surface area contributed by atoms with Crippen LogP contribution < -0.4 is 0 Å². The maximum Gasteiger partial charge on any atom is 0.0148 e. The molecule has 5 heavy (non-hydrogen) atoms. The first-order valence-electron chi connectivity index (χ1n) is 1.39. The molecule has 0 bridgehead atoms. The molecule has 0 aromatic carbocycles. The van der Waals surface area contributed by atoms with E-state index < -0.39 is 0 Å². The second kappa shape index (κ2) is 2.01. The summed E-state index contributed by atoms with van der Waals surface area (Å²) in [7, 11) is 2.60. The standard InChI is InChI=1S/C2H6NP.H2S/c4-3-1-2-3;/h1-2,4H2;1H2. The van der Waals surface area contributed by atoms with Gasteiger partial charge in [-0.05, 0) is 0 Å². The lowest BCUT2D eigenvalue weighted by molar-refractivity contribution is 0.956. The summed E-state index contributed by atoms with van der Waals surface area (Å²) in [6.45, 7) is 2.56. The van der Waals surface area contributed by atoms with Crippen LogP contribution in [0.3, 0.4) is 0 Å². The van der Waals surface area contributed by atoms with Gasteiger partial charge in [-0.15, -0.1) is 0 Å². The Morgan fingerprint density at radius 1 is 1.40 bits per heavy atom. The maximum atomic E-state index is 2.60. The van der Waals surface area contributed by atoms with Gasteiger partial charge < -0.3 is 0 Å². The van der Waals surface area contributed by atoms with Crippen molar-refractivity contribution in [2.75, 3.05) is 13.1 Å². The van der Waals surface area contributed by atoms with Crippen LogP contribution in [0.5, 0.6) is 0 Å². The molecule has 0 aromatic heterocycles. The third-order valence-electron chi connectivity index (χ3n) is 0.482. The van der Waals surface area contributed by atoms with E-state index in [0.29, 0.717) is 0 Å². The number of hydrogen-bond donors (Lipinski definition) is 0. The molecule has 0 spiro atoms. The first-order chi connectivity index (χ1) is 1.89. The lowest BCUT2D eigenvalue weighted by Crippen LogP contribution is -1.57. The van der Waals surface area contributed by atoms with Gasteiger partial charge in [0.05, 0.1) is 0 Å². The van der Waals surface area contributed by atoms with Crippen LogP contribution in [-0.4, -0.2) is 17.8 Å². The minimum absolute atomic E-state index is 0. The molecule has 32 valence electrons.